The van der Waals surface area contributed by atoms with Crippen molar-refractivity contribution < 1.29 is 13.2 Å². The van der Waals surface area contributed by atoms with E-state index >= 15 is 0 Å². The number of carbonyl (C=O) groups excluding carboxylic acids is 1. The smallest absolute Gasteiger partial charge is 0.264 e. The van der Waals surface area contributed by atoms with E-state index in [1.54, 1.807) is 17.2 Å². The number of hydrogen-bond acceptors (Lipinski definition) is 5. The van der Waals surface area contributed by atoms with Gasteiger partial charge >= 0.3 is 0 Å². The van der Waals surface area contributed by atoms with E-state index in [4.69, 9.17) is 0 Å². The summed E-state index contributed by atoms with van der Waals surface area (Å²) in [6.45, 7) is 3.30. The third-order valence-electron chi connectivity index (χ3n) is 3.85. The van der Waals surface area contributed by atoms with E-state index in [9.17, 15) is 13.2 Å². The number of aromatic nitrogens is 1. The van der Waals surface area contributed by atoms with Crippen molar-refractivity contribution >= 4 is 27.3 Å². The van der Waals surface area contributed by atoms with Crippen molar-refractivity contribution in [2.75, 3.05) is 26.2 Å². The van der Waals surface area contributed by atoms with Crippen molar-refractivity contribution in [3.05, 3.63) is 46.4 Å². The van der Waals surface area contributed by atoms with Crippen LogP contribution >= 0.6 is 11.3 Å². The summed E-state index contributed by atoms with van der Waals surface area (Å²) in [5.41, 5.74) is 0.963. The van der Waals surface area contributed by atoms with E-state index in [1.165, 1.54) is 27.9 Å². The summed E-state index contributed by atoms with van der Waals surface area (Å²) in [6, 6.07) is 5.06. The van der Waals surface area contributed by atoms with Gasteiger partial charge in [-0.3, -0.25) is 9.78 Å². The highest BCUT2D eigenvalue weighted by Crippen LogP contribution is 2.21. The molecule has 0 radical (unpaired) electrons. The number of sulfonamides is 1. The SMILES string of the molecule is Cc1ccsc1C(=O)N1CCN(S(=O)(=O)c2cccnc2)CC1. The van der Waals surface area contributed by atoms with Crippen molar-refractivity contribution in [3.8, 4) is 0 Å². The maximum atomic E-state index is 12.5. The fraction of sp³-hybridized carbons (Fsp3) is 0.333. The molecule has 1 amide bonds. The topological polar surface area (TPSA) is 70.6 Å². The maximum absolute atomic E-state index is 12.5. The molecule has 122 valence electrons. The van der Waals surface area contributed by atoms with Gasteiger partial charge in [0.25, 0.3) is 5.91 Å². The van der Waals surface area contributed by atoms with Crippen molar-refractivity contribution in [3.63, 3.8) is 0 Å². The van der Waals surface area contributed by atoms with E-state index < -0.39 is 10.0 Å². The minimum Gasteiger partial charge on any atom is -0.335 e. The first-order valence-electron chi connectivity index (χ1n) is 7.23. The lowest BCUT2D eigenvalue weighted by molar-refractivity contribution is 0.0702. The second-order valence-electron chi connectivity index (χ2n) is 5.32. The standard InChI is InChI=1S/C15H17N3O3S2/c1-12-4-10-22-14(12)15(19)17-6-8-18(9-7-17)23(20,21)13-3-2-5-16-11-13/h2-5,10-11H,6-9H2,1H3. The largest absolute Gasteiger partial charge is 0.335 e. The highest BCUT2D eigenvalue weighted by atomic mass is 32.2. The molecule has 1 fully saturated rings. The number of hydrogen-bond donors (Lipinski definition) is 0. The van der Waals surface area contributed by atoms with E-state index in [0.717, 1.165) is 10.4 Å². The predicted octanol–water partition coefficient (Wildman–Crippen LogP) is 1.60. The number of aryl methyl sites for hydroxylation is 1. The van der Waals surface area contributed by atoms with Crippen molar-refractivity contribution in [1.82, 2.24) is 14.2 Å². The average molecular weight is 351 g/mol. The molecule has 0 unspecified atom stereocenters. The summed E-state index contributed by atoms with van der Waals surface area (Å²) in [4.78, 5) is 19.0. The van der Waals surface area contributed by atoms with Gasteiger partial charge in [0.15, 0.2) is 0 Å². The molecule has 0 aromatic carbocycles. The molecule has 0 bridgehead atoms. The van der Waals surface area contributed by atoms with Crippen LogP contribution in [0, 0.1) is 6.92 Å². The lowest BCUT2D eigenvalue weighted by atomic mass is 10.2. The lowest BCUT2D eigenvalue weighted by Gasteiger charge is -2.33. The zero-order valence-electron chi connectivity index (χ0n) is 12.7. The van der Waals surface area contributed by atoms with E-state index in [0.29, 0.717) is 26.2 Å². The van der Waals surface area contributed by atoms with Gasteiger partial charge in [0, 0.05) is 38.6 Å². The number of amides is 1. The highest BCUT2D eigenvalue weighted by molar-refractivity contribution is 7.89. The van der Waals surface area contributed by atoms with Crippen LogP contribution in [-0.2, 0) is 10.0 Å². The zero-order chi connectivity index (χ0) is 16.4. The summed E-state index contributed by atoms with van der Waals surface area (Å²) < 4.78 is 26.5. The van der Waals surface area contributed by atoms with Crippen molar-refractivity contribution in [2.45, 2.75) is 11.8 Å². The summed E-state index contributed by atoms with van der Waals surface area (Å²) in [6.07, 6.45) is 2.89. The molecule has 0 spiro atoms. The Balaban J connectivity index is 1.69. The van der Waals surface area contributed by atoms with Crippen LogP contribution < -0.4 is 0 Å². The van der Waals surface area contributed by atoms with E-state index in [2.05, 4.69) is 4.98 Å². The Bertz CT molecular complexity index is 794. The van der Waals surface area contributed by atoms with Gasteiger partial charge in [0.2, 0.25) is 10.0 Å². The van der Waals surface area contributed by atoms with Gasteiger partial charge in [0.1, 0.15) is 4.90 Å². The summed E-state index contributed by atoms with van der Waals surface area (Å²) in [5, 5.41) is 1.89. The van der Waals surface area contributed by atoms with E-state index in [1.807, 2.05) is 18.4 Å². The Morgan fingerprint density at radius 2 is 1.96 bits per heavy atom. The highest BCUT2D eigenvalue weighted by Gasteiger charge is 2.31. The fourth-order valence-electron chi connectivity index (χ4n) is 2.52. The van der Waals surface area contributed by atoms with Crippen LogP contribution in [0.15, 0.2) is 40.9 Å². The Morgan fingerprint density at radius 1 is 1.22 bits per heavy atom. The second-order valence-corrected chi connectivity index (χ2v) is 8.17. The molecule has 2 aromatic heterocycles. The summed E-state index contributed by atoms with van der Waals surface area (Å²) in [5.74, 6) is -0.0177. The van der Waals surface area contributed by atoms with Gasteiger partial charge in [-0.1, -0.05) is 0 Å². The van der Waals surface area contributed by atoms with Crippen LogP contribution in [0.5, 0.6) is 0 Å². The fourth-order valence-corrected chi connectivity index (χ4v) is 4.79. The van der Waals surface area contributed by atoms with E-state index in [-0.39, 0.29) is 10.8 Å². The third-order valence-corrected chi connectivity index (χ3v) is 6.74. The Hall–Kier alpha value is -1.77. The Kier molecular flexibility index (Phi) is 4.47. The van der Waals surface area contributed by atoms with Crippen LogP contribution in [0.3, 0.4) is 0 Å². The summed E-state index contributed by atoms with van der Waals surface area (Å²) >= 11 is 1.42. The van der Waals surface area contributed by atoms with Gasteiger partial charge in [-0.2, -0.15) is 4.31 Å². The van der Waals surface area contributed by atoms with Crippen molar-refractivity contribution in [1.29, 1.82) is 0 Å². The normalized spacial score (nSPS) is 16.5. The van der Waals surface area contributed by atoms with Gasteiger partial charge < -0.3 is 4.90 Å². The number of rotatable bonds is 3. The minimum atomic E-state index is -3.54. The molecule has 8 heteroatoms. The first-order chi connectivity index (χ1) is 11.0. The Morgan fingerprint density at radius 3 is 2.52 bits per heavy atom. The molecule has 0 N–H and O–H groups in total. The number of pyridine rings is 1. The molecule has 1 aliphatic rings. The third kappa shape index (κ3) is 3.15. The second kappa shape index (κ2) is 6.38. The van der Waals surface area contributed by atoms with Gasteiger partial charge in [0.05, 0.1) is 4.88 Å². The molecular formula is C15H17N3O3S2. The number of thiophene rings is 1. The molecule has 0 aliphatic carbocycles. The van der Waals surface area contributed by atoms with Crippen LogP contribution in [0.1, 0.15) is 15.2 Å². The van der Waals surface area contributed by atoms with Gasteiger partial charge in [-0.15, -0.1) is 11.3 Å². The van der Waals surface area contributed by atoms with Crippen LogP contribution in [-0.4, -0.2) is 54.7 Å². The predicted molar refractivity (Wildman–Crippen MR) is 88.0 cm³/mol. The van der Waals surface area contributed by atoms with Gasteiger partial charge in [-0.05, 0) is 36.1 Å². The zero-order valence-corrected chi connectivity index (χ0v) is 14.3. The maximum Gasteiger partial charge on any atom is 0.264 e. The Labute approximate surface area is 139 Å². The molecule has 3 rings (SSSR count). The molecular weight excluding hydrogens is 334 g/mol. The molecule has 6 nitrogen and oxygen atoms in total. The first kappa shape index (κ1) is 16.1. The van der Waals surface area contributed by atoms with Gasteiger partial charge in [-0.25, -0.2) is 8.42 Å². The van der Waals surface area contributed by atoms with Crippen LogP contribution in [0.25, 0.3) is 0 Å². The molecule has 0 atom stereocenters. The van der Waals surface area contributed by atoms with Crippen LogP contribution in [0.2, 0.25) is 0 Å². The average Bonchev–Trinajstić information content (AvgIpc) is 3.01. The molecule has 1 saturated heterocycles. The number of carbonyl (C=O) groups is 1. The lowest BCUT2D eigenvalue weighted by Crippen LogP contribution is -2.50. The first-order valence-corrected chi connectivity index (χ1v) is 9.55. The molecule has 23 heavy (non-hydrogen) atoms. The monoisotopic (exact) mass is 351 g/mol. The molecule has 2 aromatic rings. The molecule has 1 aliphatic heterocycles. The number of piperazine rings is 1. The minimum absolute atomic E-state index is 0.0177. The summed E-state index contributed by atoms with van der Waals surface area (Å²) in [7, 11) is -3.54. The van der Waals surface area contributed by atoms with Crippen molar-refractivity contribution in [2.24, 2.45) is 0 Å². The van der Waals surface area contributed by atoms with Crippen LogP contribution in [0.4, 0.5) is 0 Å². The number of nitrogens with zero attached hydrogens (tertiary/aromatic N) is 3. The molecule has 3 heterocycles. The quantitative estimate of drug-likeness (QED) is 0.842. The molecule has 0 saturated carbocycles.